The molecule has 2 amide bonds. The molecule has 4 nitrogen and oxygen atoms in total. The third-order valence-corrected chi connectivity index (χ3v) is 3.63. The zero-order chi connectivity index (χ0) is 16.3. The Labute approximate surface area is 126 Å². The van der Waals surface area contributed by atoms with E-state index < -0.39 is 17.6 Å². The Balaban J connectivity index is 1.94. The van der Waals surface area contributed by atoms with Gasteiger partial charge in [-0.1, -0.05) is 13.0 Å². The molecule has 120 valence electrons. The van der Waals surface area contributed by atoms with Crippen LogP contribution >= 0.6 is 0 Å². The van der Waals surface area contributed by atoms with Gasteiger partial charge in [0.2, 0.25) is 5.91 Å². The van der Waals surface area contributed by atoms with Gasteiger partial charge in [0.15, 0.2) is 0 Å². The van der Waals surface area contributed by atoms with E-state index in [1.165, 1.54) is 12.1 Å². The van der Waals surface area contributed by atoms with Crippen molar-refractivity contribution in [3.05, 3.63) is 35.4 Å². The van der Waals surface area contributed by atoms with Crippen molar-refractivity contribution < 1.29 is 22.8 Å². The maximum absolute atomic E-state index is 12.6. The minimum atomic E-state index is -4.50. The van der Waals surface area contributed by atoms with Gasteiger partial charge in [-0.3, -0.25) is 9.59 Å². The largest absolute Gasteiger partial charge is 0.416 e. The summed E-state index contributed by atoms with van der Waals surface area (Å²) in [6.07, 6.45) is -3.58. The predicted octanol–water partition coefficient (Wildman–Crippen LogP) is 2.30. The Bertz CT molecular complexity index is 572. The standard InChI is InChI=1S/C15H17F3N2O2/c1-10-5-6-20(9-10)13(21)8-19-14(22)11-3-2-4-12(7-11)15(16,17)18/h2-4,7,10H,5-6,8-9H2,1H3,(H,19,22). The molecule has 0 saturated carbocycles. The van der Waals surface area contributed by atoms with Crippen molar-refractivity contribution in [3.63, 3.8) is 0 Å². The number of nitrogens with one attached hydrogen (secondary N) is 1. The zero-order valence-corrected chi connectivity index (χ0v) is 12.1. The third-order valence-electron chi connectivity index (χ3n) is 3.63. The molecule has 22 heavy (non-hydrogen) atoms. The summed E-state index contributed by atoms with van der Waals surface area (Å²) >= 11 is 0. The highest BCUT2D eigenvalue weighted by Crippen LogP contribution is 2.29. The summed E-state index contributed by atoms with van der Waals surface area (Å²) in [4.78, 5) is 25.4. The lowest BCUT2D eigenvalue weighted by atomic mass is 10.1. The van der Waals surface area contributed by atoms with Crippen LogP contribution in [0, 0.1) is 5.92 Å². The number of hydrogen-bond donors (Lipinski definition) is 1. The number of carbonyl (C=O) groups excluding carboxylic acids is 2. The molecule has 1 aromatic rings. The van der Waals surface area contributed by atoms with E-state index in [-0.39, 0.29) is 18.0 Å². The molecular weight excluding hydrogens is 297 g/mol. The van der Waals surface area contributed by atoms with Crippen molar-refractivity contribution in [2.45, 2.75) is 19.5 Å². The number of halogens is 3. The van der Waals surface area contributed by atoms with Crippen LogP contribution in [0.1, 0.15) is 29.3 Å². The van der Waals surface area contributed by atoms with Crippen molar-refractivity contribution in [2.75, 3.05) is 19.6 Å². The van der Waals surface area contributed by atoms with Gasteiger partial charge >= 0.3 is 6.18 Å². The van der Waals surface area contributed by atoms with Gasteiger partial charge < -0.3 is 10.2 Å². The highest BCUT2D eigenvalue weighted by atomic mass is 19.4. The molecule has 1 N–H and O–H groups in total. The third kappa shape index (κ3) is 3.99. The van der Waals surface area contributed by atoms with E-state index in [1.807, 2.05) is 6.92 Å². The molecule has 0 aliphatic carbocycles. The topological polar surface area (TPSA) is 49.4 Å². The molecule has 1 unspecified atom stereocenters. The van der Waals surface area contributed by atoms with E-state index >= 15 is 0 Å². The molecule has 2 rings (SSSR count). The fraction of sp³-hybridized carbons (Fsp3) is 0.467. The Morgan fingerprint density at radius 1 is 1.36 bits per heavy atom. The molecule has 1 aliphatic rings. The monoisotopic (exact) mass is 314 g/mol. The second-order valence-corrected chi connectivity index (χ2v) is 5.49. The predicted molar refractivity (Wildman–Crippen MR) is 74.1 cm³/mol. The fourth-order valence-corrected chi connectivity index (χ4v) is 2.37. The van der Waals surface area contributed by atoms with Gasteiger partial charge in [-0.15, -0.1) is 0 Å². The molecule has 1 aliphatic heterocycles. The average molecular weight is 314 g/mol. The molecule has 0 radical (unpaired) electrons. The molecular formula is C15H17F3N2O2. The van der Waals surface area contributed by atoms with Crippen LogP contribution in [0.3, 0.4) is 0 Å². The van der Waals surface area contributed by atoms with Gasteiger partial charge in [0.05, 0.1) is 12.1 Å². The van der Waals surface area contributed by atoms with Crippen LogP contribution in [0.25, 0.3) is 0 Å². The van der Waals surface area contributed by atoms with E-state index in [1.54, 1.807) is 4.90 Å². The van der Waals surface area contributed by atoms with Crippen molar-refractivity contribution >= 4 is 11.8 Å². The van der Waals surface area contributed by atoms with Crippen LogP contribution in [-0.2, 0) is 11.0 Å². The maximum Gasteiger partial charge on any atom is 0.416 e. The highest BCUT2D eigenvalue weighted by molar-refractivity contribution is 5.96. The van der Waals surface area contributed by atoms with Crippen LogP contribution in [0.4, 0.5) is 13.2 Å². The Morgan fingerprint density at radius 3 is 2.68 bits per heavy atom. The quantitative estimate of drug-likeness (QED) is 0.931. The van der Waals surface area contributed by atoms with E-state index in [9.17, 15) is 22.8 Å². The van der Waals surface area contributed by atoms with Crippen LogP contribution in [0.15, 0.2) is 24.3 Å². The number of benzene rings is 1. The second kappa shape index (κ2) is 6.37. The first-order valence-corrected chi connectivity index (χ1v) is 7.00. The molecule has 1 heterocycles. The number of nitrogens with zero attached hydrogens (tertiary/aromatic N) is 1. The van der Waals surface area contributed by atoms with Crippen molar-refractivity contribution in [2.24, 2.45) is 5.92 Å². The number of rotatable bonds is 3. The Hall–Kier alpha value is -2.05. The number of amides is 2. The van der Waals surface area contributed by atoms with Crippen LogP contribution < -0.4 is 5.32 Å². The SMILES string of the molecule is CC1CCN(C(=O)CNC(=O)c2cccc(C(F)(F)F)c2)C1. The van der Waals surface area contributed by atoms with Crippen LogP contribution in [0.5, 0.6) is 0 Å². The van der Waals surface area contributed by atoms with Gasteiger partial charge in [-0.25, -0.2) is 0 Å². The first kappa shape index (κ1) is 16.3. The number of likely N-dealkylation sites (tertiary alicyclic amines) is 1. The van der Waals surface area contributed by atoms with Crippen LogP contribution in [0.2, 0.25) is 0 Å². The molecule has 1 saturated heterocycles. The minimum absolute atomic E-state index is 0.114. The summed E-state index contributed by atoms with van der Waals surface area (Å²) in [6.45, 7) is 3.13. The molecule has 7 heteroatoms. The normalized spacial score (nSPS) is 18.4. The minimum Gasteiger partial charge on any atom is -0.343 e. The first-order valence-electron chi connectivity index (χ1n) is 7.00. The van der Waals surface area contributed by atoms with E-state index in [0.717, 1.165) is 18.6 Å². The molecule has 1 fully saturated rings. The van der Waals surface area contributed by atoms with Crippen LogP contribution in [-0.4, -0.2) is 36.3 Å². The smallest absolute Gasteiger partial charge is 0.343 e. The molecule has 1 aromatic carbocycles. The summed E-state index contributed by atoms with van der Waals surface area (Å²) in [5, 5.41) is 2.37. The first-order chi connectivity index (χ1) is 10.3. The van der Waals surface area contributed by atoms with Crippen molar-refractivity contribution in [1.82, 2.24) is 10.2 Å². The van der Waals surface area contributed by atoms with Gasteiger partial charge in [-0.05, 0) is 30.5 Å². The van der Waals surface area contributed by atoms with E-state index in [4.69, 9.17) is 0 Å². The molecule has 0 bridgehead atoms. The van der Waals surface area contributed by atoms with Gasteiger partial charge in [0.1, 0.15) is 0 Å². The van der Waals surface area contributed by atoms with E-state index in [2.05, 4.69) is 5.32 Å². The fourth-order valence-electron chi connectivity index (χ4n) is 2.37. The summed E-state index contributed by atoms with van der Waals surface area (Å²) in [7, 11) is 0. The Morgan fingerprint density at radius 2 is 2.09 bits per heavy atom. The summed E-state index contributed by atoms with van der Waals surface area (Å²) in [5.41, 5.74) is -1.00. The van der Waals surface area contributed by atoms with Crippen molar-refractivity contribution in [3.8, 4) is 0 Å². The lowest BCUT2D eigenvalue weighted by Gasteiger charge is -2.16. The van der Waals surface area contributed by atoms with Crippen molar-refractivity contribution in [1.29, 1.82) is 0 Å². The Kier molecular flexibility index (Phi) is 4.73. The molecule has 0 aromatic heterocycles. The summed E-state index contributed by atoms with van der Waals surface area (Å²) in [5.74, 6) is -0.473. The second-order valence-electron chi connectivity index (χ2n) is 5.49. The number of carbonyl (C=O) groups is 2. The zero-order valence-electron chi connectivity index (χ0n) is 12.1. The van der Waals surface area contributed by atoms with Gasteiger partial charge in [0, 0.05) is 18.7 Å². The van der Waals surface area contributed by atoms with Gasteiger partial charge in [-0.2, -0.15) is 13.2 Å². The lowest BCUT2D eigenvalue weighted by Crippen LogP contribution is -2.39. The van der Waals surface area contributed by atoms with E-state index in [0.29, 0.717) is 19.0 Å². The van der Waals surface area contributed by atoms with Gasteiger partial charge in [0.25, 0.3) is 5.91 Å². The molecule has 1 atom stereocenters. The summed E-state index contributed by atoms with van der Waals surface area (Å²) < 4.78 is 37.8. The highest BCUT2D eigenvalue weighted by Gasteiger charge is 2.31. The number of hydrogen-bond acceptors (Lipinski definition) is 2. The lowest BCUT2D eigenvalue weighted by molar-refractivity contribution is -0.137. The number of alkyl halides is 3. The molecule has 0 spiro atoms. The average Bonchev–Trinajstić information content (AvgIpc) is 2.90. The maximum atomic E-state index is 12.6. The summed E-state index contributed by atoms with van der Waals surface area (Å²) in [6, 6.07) is 4.12.